The second kappa shape index (κ2) is 8.04. The maximum Gasteiger partial charge on any atom is 0.257 e. The number of para-hydroxylation sites is 2. The van der Waals surface area contributed by atoms with Gasteiger partial charge in [0.2, 0.25) is 6.79 Å². The third kappa shape index (κ3) is 3.43. The summed E-state index contributed by atoms with van der Waals surface area (Å²) in [5.74, 6) is 1.32. The molecule has 34 heavy (non-hydrogen) atoms. The maximum absolute atomic E-state index is 13.3. The number of fused-ring (bicyclic) bond motifs is 3. The van der Waals surface area contributed by atoms with E-state index in [0.717, 1.165) is 16.8 Å². The number of nitrogens with zero attached hydrogens (tertiary/aromatic N) is 4. The van der Waals surface area contributed by atoms with Crippen molar-refractivity contribution in [2.24, 2.45) is 0 Å². The molecule has 4 heterocycles. The standard InChI is InChI=1S/C25H20N6O3/c26-23-21(25(32)28-12-15-8-9-19-20(11-15)34-14-33-19)22-24(30-18-7-2-1-6-17(18)29-22)31(23)13-16-5-3-4-10-27-16/h1-11H,12-14,26H2,(H,28,32). The third-order valence-electron chi connectivity index (χ3n) is 5.75. The quantitative estimate of drug-likeness (QED) is 0.420. The van der Waals surface area contributed by atoms with Crippen LogP contribution in [0.5, 0.6) is 11.5 Å². The number of aromatic nitrogens is 4. The number of nitrogen functional groups attached to an aromatic ring is 1. The number of nitrogens with two attached hydrogens (primary N) is 1. The van der Waals surface area contributed by atoms with Crippen LogP contribution in [0.4, 0.5) is 5.82 Å². The molecule has 9 heteroatoms. The Morgan fingerprint density at radius 3 is 2.62 bits per heavy atom. The minimum atomic E-state index is -0.329. The molecule has 0 fully saturated rings. The minimum absolute atomic E-state index is 0.198. The molecule has 3 N–H and O–H groups in total. The van der Waals surface area contributed by atoms with Crippen molar-refractivity contribution in [3.63, 3.8) is 0 Å². The Kier molecular flexibility index (Phi) is 4.72. The molecule has 1 aliphatic heterocycles. The molecule has 5 aromatic rings. The average Bonchev–Trinajstić information content (AvgIpc) is 3.44. The number of hydrogen-bond acceptors (Lipinski definition) is 7. The zero-order valence-electron chi connectivity index (χ0n) is 18.1. The monoisotopic (exact) mass is 452 g/mol. The molecule has 0 radical (unpaired) electrons. The highest BCUT2D eigenvalue weighted by Crippen LogP contribution is 2.33. The van der Waals surface area contributed by atoms with Gasteiger partial charge in [-0.2, -0.15) is 0 Å². The van der Waals surface area contributed by atoms with Crippen LogP contribution in [0, 0.1) is 0 Å². The van der Waals surface area contributed by atoms with Crippen molar-refractivity contribution in [3.05, 3.63) is 83.7 Å². The molecule has 1 aliphatic rings. The van der Waals surface area contributed by atoms with E-state index in [1.165, 1.54) is 0 Å². The molecule has 9 nitrogen and oxygen atoms in total. The lowest BCUT2D eigenvalue weighted by atomic mass is 10.2. The van der Waals surface area contributed by atoms with Gasteiger partial charge in [-0.25, -0.2) is 9.97 Å². The van der Waals surface area contributed by atoms with E-state index in [2.05, 4.69) is 10.3 Å². The zero-order valence-corrected chi connectivity index (χ0v) is 18.1. The van der Waals surface area contributed by atoms with Gasteiger partial charge in [-0.15, -0.1) is 0 Å². The van der Waals surface area contributed by atoms with Crippen molar-refractivity contribution in [2.75, 3.05) is 12.5 Å². The molecule has 0 bridgehead atoms. The summed E-state index contributed by atoms with van der Waals surface area (Å²) in [5, 5.41) is 2.95. The lowest BCUT2D eigenvalue weighted by molar-refractivity contribution is 0.0953. The number of nitrogens with one attached hydrogen (secondary N) is 1. The van der Waals surface area contributed by atoms with Gasteiger partial charge in [0, 0.05) is 12.7 Å². The van der Waals surface area contributed by atoms with Crippen LogP contribution < -0.4 is 20.5 Å². The van der Waals surface area contributed by atoms with Gasteiger partial charge in [0.15, 0.2) is 17.1 Å². The largest absolute Gasteiger partial charge is 0.454 e. The van der Waals surface area contributed by atoms with Crippen molar-refractivity contribution < 1.29 is 14.3 Å². The molecule has 168 valence electrons. The Labute approximate surface area is 194 Å². The van der Waals surface area contributed by atoms with Crippen LogP contribution in [0.1, 0.15) is 21.6 Å². The predicted octanol–water partition coefficient (Wildman–Crippen LogP) is 3.27. The number of carbonyl (C=O) groups excluding carboxylic acids is 1. The molecule has 0 atom stereocenters. The van der Waals surface area contributed by atoms with Gasteiger partial charge < -0.3 is 25.1 Å². The van der Waals surface area contributed by atoms with Crippen LogP contribution in [0.15, 0.2) is 66.9 Å². The van der Waals surface area contributed by atoms with Gasteiger partial charge in [0.1, 0.15) is 16.9 Å². The topological polar surface area (TPSA) is 117 Å². The van der Waals surface area contributed by atoms with E-state index in [0.29, 0.717) is 52.7 Å². The van der Waals surface area contributed by atoms with Crippen LogP contribution in [0.25, 0.3) is 22.2 Å². The molecule has 0 unspecified atom stereocenters. The smallest absolute Gasteiger partial charge is 0.257 e. The Bertz CT molecular complexity index is 1550. The zero-order chi connectivity index (χ0) is 23.1. The highest BCUT2D eigenvalue weighted by atomic mass is 16.7. The van der Waals surface area contributed by atoms with Gasteiger partial charge in [-0.05, 0) is 42.0 Å². The molecule has 6 rings (SSSR count). The number of benzene rings is 2. The van der Waals surface area contributed by atoms with Crippen molar-refractivity contribution in [3.8, 4) is 11.5 Å². The summed E-state index contributed by atoms with van der Waals surface area (Å²) in [6.07, 6.45) is 1.72. The van der Waals surface area contributed by atoms with Crippen LogP contribution >= 0.6 is 0 Å². The lowest BCUT2D eigenvalue weighted by Gasteiger charge is -2.08. The summed E-state index contributed by atoms with van der Waals surface area (Å²) in [7, 11) is 0. The van der Waals surface area contributed by atoms with Crippen LogP contribution in [-0.2, 0) is 13.1 Å². The first-order chi connectivity index (χ1) is 16.7. The Morgan fingerprint density at radius 2 is 1.79 bits per heavy atom. The summed E-state index contributed by atoms with van der Waals surface area (Å²) < 4.78 is 12.6. The fourth-order valence-electron chi connectivity index (χ4n) is 4.08. The second-order valence-electron chi connectivity index (χ2n) is 7.92. The van der Waals surface area contributed by atoms with E-state index in [-0.39, 0.29) is 12.7 Å². The van der Waals surface area contributed by atoms with E-state index in [1.54, 1.807) is 10.8 Å². The number of ether oxygens (including phenoxy) is 2. The molecule has 1 amide bonds. The summed E-state index contributed by atoms with van der Waals surface area (Å²) in [4.78, 5) is 27.3. The molecular formula is C25H20N6O3. The average molecular weight is 452 g/mol. The highest BCUT2D eigenvalue weighted by molar-refractivity contribution is 6.10. The number of rotatable bonds is 5. The number of pyridine rings is 1. The molecule has 0 saturated heterocycles. The number of anilines is 1. The molecule has 0 aliphatic carbocycles. The van der Waals surface area contributed by atoms with Crippen molar-refractivity contribution in [1.82, 2.24) is 24.8 Å². The summed E-state index contributed by atoms with van der Waals surface area (Å²) in [5.41, 5.74) is 10.9. The Morgan fingerprint density at radius 1 is 1.00 bits per heavy atom. The van der Waals surface area contributed by atoms with E-state index < -0.39 is 0 Å². The first-order valence-electron chi connectivity index (χ1n) is 10.8. The fourth-order valence-corrected chi connectivity index (χ4v) is 4.08. The number of carbonyl (C=O) groups is 1. The van der Waals surface area contributed by atoms with Gasteiger partial charge in [-0.1, -0.05) is 24.3 Å². The maximum atomic E-state index is 13.3. The first kappa shape index (κ1) is 20.0. The van der Waals surface area contributed by atoms with Crippen LogP contribution in [-0.4, -0.2) is 32.2 Å². The highest BCUT2D eigenvalue weighted by Gasteiger charge is 2.24. The lowest BCUT2D eigenvalue weighted by Crippen LogP contribution is -2.24. The van der Waals surface area contributed by atoms with Gasteiger partial charge in [0.05, 0.1) is 23.3 Å². The minimum Gasteiger partial charge on any atom is -0.454 e. The van der Waals surface area contributed by atoms with E-state index in [4.69, 9.17) is 25.2 Å². The molecule has 3 aromatic heterocycles. The molecule has 0 saturated carbocycles. The first-order valence-corrected chi connectivity index (χ1v) is 10.8. The third-order valence-corrected chi connectivity index (χ3v) is 5.75. The predicted molar refractivity (Wildman–Crippen MR) is 127 cm³/mol. The second-order valence-corrected chi connectivity index (χ2v) is 7.92. The summed E-state index contributed by atoms with van der Waals surface area (Å²) in [6, 6.07) is 18.8. The molecular weight excluding hydrogens is 432 g/mol. The van der Waals surface area contributed by atoms with Crippen molar-refractivity contribution in [2.45, 2.75) is 13.1 Å². The SMILES string of the molecule is Nc1c(C(=O)NCc2ccc3c(c2)OCO3)c2nc3ccccc3nc2n1Cc1ccccn1. The molecule has 0 spiro atoms. The van der Waals surface area contributed by atoms with E-state index >= 15 is 0 Å². The van der Waals surface area contributed by atoms with Crippen molar-refractivity contribution in [1.29, 1.82) is 0 Å². The van der Waals surface area contributed by atoms with E-state index in [9.17, 15) is 4.79 Å². The van der Waals surface area contributed by atoms with Gasteiger partial charge in [-0.3, -0.25) is 9.78 Å². The van der Waals surface area contributed by atoms with Gasteiger partial charge >= 0.3 is 0 Å². The molecule has 2 aromatic carbocycles. The Hall–Kier alpha value is -4.66. The van der Waals surface area contributed by atoms with E-state index in [1.807, 2.05) is 60.7 Å². The van der Waals surface area contributed by atoms with Crippen LogP contribution in [0.3, 0.4) is 0 Å². The normalized spacial score (nSPS) is 12.4. The number of hydrogen-bond donors (Lipinski definition) is 2. The summed E-state index contributed by atoms with van der Waals surface area (Å²) in [6.45, 7) is 0.860. The summed E-state index contributed by atoms with van der Waals surface area (Å²) >= 11 is 0. The van der Waals surface area contributed by atoms with Crippen LogP contribution in [0.2, 0.25) is 0 Å². The Balaban J connectivity index is 1.39. The number of amides is 1. The fraction of sp³-hybridized carbons (Fsp3) is 0.120. The van der Waals surface area contributed by atoms with Gasteiger partial charge in [0.25, 0.3) is 5.91 Å². The van der Waals surface area contributed by atoms with Crippen molar-refractivity contribution >= 4 is 33.9 Å².